The normalized spacial score (nSPS) is 11.1. The molecule has 0 spiro atoms. The number of halogens is 3. The second-order valence-electron chi connectivity index (χ2n) is 12.4. The van der Waals surface area contributed by atoms with Crippen molar-refractivity contribution in [2.45, 2.75) is 52.9 Å². The molecule has 0 aliphatic rings. The number of hydrogen-bond donors (Lipinski definition) is 3. The van der Waals surface area contributed by atoms with Crippen LogP contribution in [0.15, 0.2) is 61.0 Å². The summed E-state index contributed by atoms with van der Waals surface area (Å²) in [4.78, 5) is 0. The minimum atomic E-state index is -0.948. The van der Waals surface area contributed by atoms with E-state index in [1.54, 1.807) is 36.5 Å². The largest absolute Gasteiger partial charge is 0.508 e. The minimum Gasteiger partial charge on any atom is -0.508 e. The fourth-order valence-electron chi connectivity index (χ4n) is 4.30. The summed E-state index contributed by atoms with van der Waals surface area (Å²) in [7, 11) is 0. The van der Waals surface area contributed by atoms with Crippen molar-refractivity contribution in [3.63, 3.8) is 0 Å². The Morgan fingerprint density at radius 1 is 0.655 bits per heavy atom. The lowest BCUT2D eigenvalue weighted by Crippen LogP contribution is -2.30. The van der Waals surface area contributed by atoms with Gasteiger partial charge in [0.05, 0.1) is 119 Å². The third-order valence-corrected chi connectivity index (χ3v) is 7.00. The van der Waals surface area contributed by atoms with Crippen LogP contribution in [0, 0.1) is 17.5 Å². The molecule has 5 N–H and O–H groups in total. The molecule has 58 heavy (non-hydrogen) atoms. The molecule has 0 atom stereocenters. The van der Waals surface area contributed by atoms with Gasteiger partial charge in [-0.15, -0.1) is 6.58 Å². The summed E-state index contributed by atoms with van der Waals surface area (Å²) in [6, 6.07) is 7.94. The molecule has 0 radical (unpaired) electrons. The van der Waals surface area contributed by atoms with Crippen LogP contribution in [-0.4, -0.2) is 129 Å². The van der Waals surface area contributed by atoms with Crippen LogP contribution in [0.2, 0.25) is 0 Å². The number of ether oxygens (including phenoxy) is 9. The lowest BCUT2D eigenvalue weighted by Gasteiger charge is -2.15. The Morgan fingerprint density at radius 2 is 1.03 bits per heavy atom. The van der Waals surface area contributed by atoms with Gasteiger partial charge in [-0.05, 0) is 50.5 Å². The van der Waals surface area contributed by atoms with E-state index in [1.165, 1.54) is 11.4 Å². The molecule has 0 saturated heterocycles. The zero-order valence-corrected chi connectivity index (χ0v) is 34.9. The molecule has 0 aliphatic heterocycles. The maximum atomic E-state index is 13.6. The summed E-state index contributed by atoms with van der Waals surface area (Å²) in [5, 5.41) is 10.8. The van der Waals surface area contributed by atoms with Crippen LogP contribution in [0.4, 0.5) is 13.2 Å². The highest BCUT2D eigenvalue weighted by Crippen LogP contribution is 2.17. The SMILES string of the molecule is C=CC.CCC.N/C(=C\N(N)CCOCCOCCOCCOCCOCCOCCOCCOCCc1c(F)cc(F)cc1F)CCCCOc1ccc(O)cc1. The second kappa shape index (κ2) is 40.3. The van der Waals surface area contributed by atoms with Gasteiger partial charge in [0, 0.05) is 36.0 Å². The molecular weight excluding hydrogens is 763 g/mol. The molecular formula is C42H70F3N3O10. The van der Waals surface area contributed by atoms with Crippen molar-refractivity contribution in [2.75, 3.05) is 119 Å². The van der Waals surface area contributed by atoms with Gasteiger partial charge >= 0.3 is 0 Å². The Morgan fingerprint density at radius 3 is 1.45 bits per heavy atom. The Labute approximate surface area is 344 Å². The maximum absolute atomic E-state index is 13.6. The zero-order chi connectivity index (χ0) is 42.9. The topological polar surface area (TPSA) is 159 Å². The van der Waals surface area contributed by atoms with E-state index in [2.05, 4.69) is 20.4 Å². The third-order valence-electron chi connectivity index (χ3n) is 7.00. The highest BCUT2D eigenvalue weighted by molar-refractivity contribution is 5.30. The first-order valence-corrected chi connectivity index (χ1v) is 19.9. The van der Waals surface area contributed by atoms with Crippen LogP contribution < -0.4 is 16.3 Å². The Hall–Kier alpha value is -3.45. The average molecular weight is 834 g/mol. The first-order valence-electron chi connectivity index (χ1n) is 19.9. The fourth-order valence-corrected chi connectivity index (χ4v) is 4.30. The van der Waals surface area contributed by atoms with Crippen molar-refractivity contribution < 1.29 is 60.9 Å². The summed E-state index contributed by atoms with van der Waals surface area (Å²) >= 11 is 0. The van der Waals surface area contributed by atoms with Crippen molar-refractivity contribution >= 4 is 0 Å². The van der Waals surface area contributed by atoms with Crippen molar-refractivity contribution in [1.29, 1.82) is 0 Å². The first kappa shape index (κ1) is 54.6. The number of allylic oxidation sites excluding steroid dienone is 2. The lowest BCUT2D eigenvalue weighted by atomic mass is 10.1. The standard InChI is InChI=1S/C36H56F3N3O10.C3H8.C3H6/c37-30-27-35(38)34(36(39)28-30)8-11-44-13-15-46-17-19-48-21-23-50-25-26-51-24-22-49-20-18-47-16-14-45-12-9-42(41)29-31(40)3-1-2-10-52-33-6-4-32(43)5-7-33;2*1-3-2/h4-7,27-29,43H,1-3,8-26,40-41H2;3H2,1-2H3;3H,1H2,2H3/b31-29-;;. The van der Waals surface area contributed by atoms with E-state index in [-0.39, 0.29) is 30.9 Å². The monoisotopic (exact) mass is 834 g/mol. The quantitative estimate of drug-likeness (QED) is 0.0312. The number of rotatable bonds is 34. The molecule has 0 saturated carbocycles. The molecule has 0 amide bonds. The molecule has 0 aliphatic carbocycles. The number of benzene rings is 2. The summed E-state index contributed by atoms with van der Waals surface area (Å²) < 4.78 is 89.2. The molecule has 334 valence electrons. The van der Waals surface area contributed by atoms with Crippen LogP contribution in [0.5, 0.6) is 11.5 Å². The van der Waals surface area contributed by atoms with E-state index in [4.69, 9.17) is 54.2 Å². The number of nitrogens with two attached hydrogens (primary N) is 2. The average Bonchev–Trinajstić information content (AvgIpc) is 3.18. The summed E-state index contributed by atoms with van der Waals surface area (Å²) in [6.45, 7) is 16.9. The van der Waals surface area contributed by atoms with Gasteiger partial charge in [0.25, 0.3) is 0 Å². The van der Waals surface area contributed by atoms with Gasteiger partial charge < -0.3 is 58.5 Å². The van der Waals surface area contributed by atoms with Gasteiger partial charge in [-0.2, -0.15) is 0 Å². The van der Waals surface area contributed by atoms with Crippen LogP contribution in [-0.2, 0) is 44.3 Å². The molecule has 2 rings (SSSR count). The Bertz CT molecular complexity index is 1240. The summed E-state index contributed by atoms with van der Waals surface area (Å²) in [5.74, 6) is 4.11. The molecule has 16 heteroatoms. The van der Waals surface area contributed by atoms with Crippen molar-refractivity contribution in [3.8, 4) is 11.5 Å². The molecule has 0 aromatic heterocycles. The molecule has 0 unspecified atom stereocenters. The summed E-state index contributed by atoms with van der Waals surface area (Å²) in [5.41, 5.74) is 6.55. The van der Waals surface area contributed by atoms with Crippen LogP contribution in [0.25, 0.3) is 0 Å². The predicted molar refractivity (Wildman–Crippen MR) is 219 cm³/mol. The van der Waals surface area contributed by atoms with Gasteiger partial charge in [0.15, 0.2) is 0 Å². The van der Waals surface area contributed by atoms with E-state index < -0.39 is 17.5 Å². The van der Waals surface area contributed by atoms with Crippen LogP contribution in [0.3, 0.4) is 0 Å². The van der Waals surface area contributed by atoms with Gasteiger partial charge in [-0.3, -0.25) is 0 Å². The first-order chi connectivity index (χ1) is 28.2. The number of unbranched alkanes of at least 4 members (excludes halogenated alkanes) is 1. The number of aromatic hydroxyl groups is 1. The van der Waals surface area contributed by atoms with Gasteiger partial charge in [0.2, 0.25) is 0 Å². The molecule has 2 aromatic rings. The number of phenolic OH excluding ortho intramolecular Hbond substituents is 1. The van der Waals surface area contributed by atoms with Crippen molar-refractivity contribution in [3.05, 3.63) is 84.0 Å². The van der Waals surface area contributed by atoms with Crippen LogP contribution >= 0.6 is 0 Å². The summed E-state index contributed by atoms with van der Waals surface area (Å²) in [6.07, 6.45) is 7.15. The minimum absolute atomic E-state index is 0.00572. The third kappa shape index (κ3) is 34.6. The highest BCUT2D eigenvalue weighted by Gasteiger charge is 2.11. The van der Waals surface area contributed by atoms with E-state index in [9.17, 15) is 18.3 Å². The second-order valence-corrected chi connectivity index (χ2v) is 12.4. The predicted octanol–water partition coefficient (Wildman–Crippen LogP) is 6.32. The highest BCUT2D eigenvalue weighted by atomic mass is 19.1. The van der Waals surface area contributed by atoms with Gasteiger partial charge in [0.1, 0.15) is 29.0 Å². The number of phenols is 1. The molecule has 0 bridgehead atoms. The molecule has 0 fully saturated rings. The van der Waals surface area contributed by atoms with Gasteiger partial charge in [-0.1, -0.05) is 26.3 Å². The number of nitrogens with zero attached hydrogens (tertiary/aromatic N) is 1. The maximum Gasteiger partial charge on any atom is 0.132 e. The van der Waals surface area contributed by atoms with E-state index in [1.807, 2.05) is 6.92 Å². The van der Waals surface area contributed by atoms with E-state index >= 15 is 0 Å². The molecule has 13 nitrogen and oxygen atoms in total. The van der Waals surface area contributed by atoms with E-state index in [0.717, 1.165) is 18.6 Å². The van der Waals surface area contributed by atoms with Gasteiger partial charge in [-0.25, -0.2) is 19.0 Å². The zero-order valence-electron chi connectivity index (χ0n) is 34.9. The van der Waals surface area contributed by atoms with Crippen LogP contribution in [0.1, 0.15) is 52.0 Å². The fraction of sp³-hybridized carbons (Fsp3) is 0.619. The van der Waals surface area contributed by atoms with Crippen molar-refractivity contribution in [2.24, 2.45) is 11.6 Å². The Balaban J connectivity index is 0.00000508. The smallest absolute Gasteiger partial charge is 0.132 e. The Kier molecular flexibility index (Phi) is 37.9. The van der Waals surface area contributed by atoms with Crippen molar-refractivity contribution in [1.82, 2.24) is 5.01 Å². The number of hydrazine groups is 1. The van der Waals surface area contributed by atoms with E-state index in [0.29, 0.717) is 130 Å². The molecule has 0 heterocycles. The number of hydrogen-bond acceptors (Lipinski definition) is 13. The lowest BCUT2D eigenvalue weighted by molar-refractivity contribution is -0.0232. The molecule has 2 aromatic carbocycles.